The van der Waals surface area contributed by atoms with Crippen molar-refractivity contribution in [2.24, 2.45) is 11.3 Å². The number of nitrogens with zero attached hydrogens (tertiary/aromatic N) is 2. The number of likely N-dealkylation sites (tertiary alicyclic amines) is 2. The fraction of sp³-hybridized carbons (Fsp3) is 0.842. The average Bonchev–Trinajstić information content (AvgIpc) is 2.98. The Morgan fingerprint density at radius 3 is 1.63 bits per heavy atom. The van der Waals surface area contributed by atoms with E-state index in [2.05, 4.69) is 0 Å². The molecular weight excluding hydrogens is 352 g/mol. The number of carbonyl (C=O) groups is 3. The Morgan fingerprint density at radius 2 is 1.30 bits per heavy atom. The molecule has 0 unspecified atom stereocenters. The van der Waals surface area contributed by atoms with Gasteiger partial charge < -0.3 is 24.0 Å². The molecule has 0 bridgehead atoms. The monoisotopic (exact) mass is 384 g/mol. The lowest BCUT2D eigenvalue weighted by Crippen LogP contribution is -2.45. The molecular formula is C19H32N2O6. The molecule has 154 valence electrons. The Bertz CT molecular complexity index is 564. The van der Waals surface area contributed by atoms with Crippen LogP contribution in [-0.2, 0) is 19.0 Å². The van der Waals surface area contributed by atoms with Crippen molar-refractivity contribution in [2.75, 3.05) is 32.8 Å². The van der Waals surface area contributed by atoms with Gasteiger partial charge in [0.2, 0.25) is 0 Å². The van der Waals surface area contributed by atoms with Gasteiger partial charge in [0.1, 0.15) is 16.6 Å². The molecule has 2 saturated heterocycles. The van der Waals surface area contributed by atoms with Crippen molar-refractivity contribution in [1.29, 1.82) is 0 Å². The Kier molecular flexibility index (Phi) is 5.69. The Labute approximate surface area is 161 Å². The number of hydrogen-bond donors (Lipinski definition) is 0. The van der Waals surface area contributed by atoms with Crippen molar-refractivity contribution in [3.05, 3.63) is 0 Å². The van der Waals surface area contributed by atoms with Gasteiger partial charge in [0.25, 0.3) is 0 Å². The highest BCUT2D eigenvalue weighted by Gasteiger charge is 2.61. The molecule has 0 spiro atoms. The first-order chi connectivity index (χ1) is 12.3. The smallest absolute Gasteiger partial charge is 0.410 e. The van der Waals surface area contributed by atoms with Gasteiger partial charge in [-0.3, -0.25) is 4.79 Å². The van der Waals surface area contributed by atoms with Crippen LogP contribution in [0.4, 0.5) is 9.59 Å². The Morgan fingerprint density at radius 1 is 0.889 bits per heavy atom. The summed E-state index contributed by atoms with van der Waals surface area (Å²) in [7, 11) is 0. The second kappa shape index (κ2) is 7.20. The normalized spacial score (nSPS) is 25.2. The molecule has 0 radical (unpaired) electrons. The molecule has 0 aromatic carbocycles. The summed E-state index contributed by atoms with van der Waals surface area (Å²) >= 11 is 0. The zero-order valence-corrected chi connectivity index (χ0v) is 17.5. The van der Waals surface area contributed by atoms with Gasteiger partial charge in [-0.05, 0) is 48.5 Å². The molecule has 0 saturated carbocycles. The standard InChI is InChI=1S/C19H32N2O6/c1-8-25-14(22)19-11-20(15(23)26-17(2,3)4)9-13(19)10-21(12-19)16(24)27-18(5,6)7/h13H,8-12H2,1-7H3. The molecule has 2 fully saturated rings. The van der Waals surface area contributed by atoms with Crippen LogP contribution in [-0.4, -0.2) is 71.9 Å². The van der Waals surface area contributed by atoms with E-state index in [9.17, 15) is 14.4 Å². The van der Waals surface area contributed by atoms with Crippen LogP contribution in [0.15, 0.2) is 0 Å². The van der Waals surface area contributed by atoms with Crippen molar-refractivity contribution in [2.45, 2.75) is 59.7 Å². The van der Waals surface area contributed by atoms with E-state index in [4.69, 9.17) is 14.2 Å². The highest BCUT2D eigenvalue weighted by molar-refractivity contribution is 5.82. The minimum Gasteiger partial charge on any atom is -0.465 e. The van der Waals surface area contributed by atoms with Crippen LogP contribution < -0.4 is 0 Å². The predicted molar refractivity (Wildman–Crippen MR) is 98.2 cm³/mol. The number of amides is 2. The van der Waals surface area contributed by atoms with E-state index < -0.39 is 28.8 Å². The molecule has 2 heterocycles. The third-order valence-electron chi connectivity index (χ3n) is 4.59. The van der Waals surface area contributed by atoms with Gasteiger partial charge in [0.05, 0.1) is 6.61 Å². The van der Waals surface area contributed by atoms with E-state index >= 15 is 0 Å². The summed E-state index contributed by atoms with van der Waals surface area (Å²) in [5, 5.41) is 0. The molecule has 0 aromatic rings. The van der Waals surface area contributed by atoms with Crippen LogP contribution in [0.1, 0.15) is 48.5 Å². The molecule has 0 aromatic heterocycles. The van der Waals surface area contributed by atoms with Gasteiger partial charge in [-0.25, -0.2) is 9.59 Å². The molecule has 2 amide bonds. The SMILES string of the molecule is CCOC(=O)C12CN(C(=O)OC(C)(C)C)CC1CN(C(=O)OC(C)(C)C)C2. The van der Waals surface area contributed by atoms with Crippen molar-refractivity contribution in [1.82, 2.24) is 9.80 Å². The zero-order valence-electron chi connectivity index (χ0n) is 17.5. The second-order valence-electron chi connectivity index (χ2n) is 9.30. The minimum atomic E-state index is -0.941. The average molecular weight is 384 g/mol. The summed E-state index contributed by atoms with van der Waals surface area (Å²) < 4.78 is 16.2. The largest absolute Gasteiger partial charge is 0.465 e. The van der Waals surface area contributed by atoms with Crippen molar-refractivity contribution in [3.8, 4) is 0 Å². The molecule has 8 heteroatoms. The summed E-state index contributed by atoms with van der Waals surface area (Å²) in [4.78, 5) is 40.8. The van der Waals surface area contributed by atoms with Crippen molar-refractivity contribution < 1.29 is 28.6 Å². The van der Waals surface area contributed by atoms with Crippen LogP contribution in [0.2, 0.25) is 0 Å². The summed E-state index contributed by atoms with van der Waals surface area (Å²) in [6.07, 6.45) is -0.909. The maximum absolute atomic E-state index is 12.8. The van der Waals surface area contributed by atoms with Gasteiger partial charge in [0, 0.05) is 32.1 Å². The number of rotatable bonds is 2. The molecule has 2 aliphatic heterocycles. The first kappa shape index (κ1) is 21.3. The second-order valence-corrected chi connectivity index (χ2v) is 9.30. The van der Waals surface area contributed by atoms with Crippen LogP contribution in [0.5, 0.6) is 0 Å². The van der Waals surface area contributed by atoms with E-state index in [-0.39, 0.29) is 31.6 Å². The number of ether oxygens (including phenoxy) is 3. The van der Waals surface area contributed by atoms with Crippen molar-refractivity contribution in [3.63, 3.8) is 0 Å². The molecule has 2 rings (SSSR count). The highest BCUT2D eigenvalue weighted by Crippen LogP contribution is 2.44. The molecule has 0 atom stereocenters. The summed E-state index contributed by atoms with van der Waals surface area (Å²) in [6.45, 7) is 13.8. The zero-order chi connectivity index (χ0) is 20.6. The molecule has 27 heavy (non-hydrogen) atoms. The van der Waals surface area contributed by atoms with Crippen LogP contribution in [0.25, 0.3) is 0 Å². The third kappa shape index (κ3) is 4.84. The number of esters is 1. The number of fused-ring (bicyclic) bond motifs is 1. The lowest BCUT2D eigenvalue weighted by Gasteiger charge is -2.29. The summed E-state index contributed by atoms with van der Waals surface area (Å²) in [6, 6.07) is 0. The minimum absolute atomic E-state index is 0.171. The maximum atomic E-state index is 12.8. The van der Waals surface area contributed by atoms with Crippen LogP contribution in [0, 0.1) is 11.3 Å². The van der Waals surface area contributed by atoms with E-state index in [1.807, 2.05) is 0 Å². The molecule has 8 nitrogen and oxygen atoms in total. The number of hydrogen-bond acceptors (Lipinski definition) is 6. The molecule has 0 N–H and O–H groups in total. The van der Waals surface area contributed by atoms with E-state index in [0.717, 1.165) is 0 Å². The highest BCUT2D eigenvalue weighted by atomic mass is 16.6. The Balaban J connectivity index is 2.18. The summed E-state index contributed by atoms with van der Waals surface area (Å²) in [5.41, 5.74) is -2.17. The Hall–Kier alpha value is -1.99. The lowest BCUT2D eigenvalue weighted by molar-refractivity contribution is -0.155. The molecule has 0 aliphatic carbocycles. The van der Waals surface area contributed by atoms with E-state index in [1.54, 1.807) is 58.3 Å². The van der Waals surface area contributed by atoms with Gasteiger partial charge in [-0.2, -0.15) is 0 Å². The topological polar surface area (TPSA) is 85.4 Å². The first-order valence-corrected chi connectivity index (χ1v) is 9.40. The number of carbonyl (C=O) groups excluding carboxylic acids is 3. The lowest BCUT2D eigenvalue weighted by atomic mass is 9.81. The quantitative estimate of drug-likeness (QED) is 0.537. The molecule has 2 aliphatic rings. The van der Waals surface area contributed by atoms with Gasteiger partial charge >= 0.3 is 18.2 Å². The van der Waals surface area contributed by atoms with Crippen LogP contribution in [0.3, 0.4) is 0 Å². The third-order valence-corrected chi connectivity index (χ3v) is 4.59. The predicted octanol–water partition coefficient (Wildman–Crippen LogP) is 2.65. The van der Waals surface area contributed by atoms with Gasteiger partial charge in [-0.1, -0.05) is 0 Å². The van der Waals surface area contributed by atoms with E-state index in [0.29, 0.717) is 13.1 Å². The van der Waals surface area contributed by atoms with Crippen molar-refractivity contribution >= 4 is 18.2 Å². The van der Waals surface area contributed by atoms with Crippen LogP contribution >= 0.6 is 0 Å². The fourth-order valence-electron chi connectivity index (χ4n) is 3.56. The van der Waals surface area contributed by atoms with Gasteiger partial charge in [-0.15, -0.1) is 0 Å². The fourth-order valence-corrected chi connectivity index (χ4v) is 3.56. The van der Waals surface area contributed by atoms with Gasteiger partial charge in [0.15, 0.2) is 0 Å². The summed E-state index contributed by atoms with van der Waals surface area (Å²) in [5.74, 6) is -0.594. The first-order valence-electron chi connectivity index (χ1n) is 9.40. The maximum Gasteiger partial charge on any atom is 0.410 e. The van der Waals surface area contributed by atoms with E-state index in [1.165, 1.54) is 0 Å².